The lowest BCUT2D eigenvalue weighted by molar-refractivity contribution is -0.140. The predicted molar refractivity (Wildman–Crippen MR) is 181 cm³/mol. The minimum Gasteiger partial charge on any atom is -0.354 e. The third-order valence-electron chi connectivity index (χ3n) is 7.06. The van der Waals surface area contributed by atoms with Gasteiger partial charge >= 0.3 is 0 Å². The molecule has 0 aliphatic carbocycles. The summed E-state index contributed by atoms with van der Waals surface area (Å²) in [6.45, 7) is 3.63. The SMILES string of the molecule is CC(C)CNC(=O)C(Cc1ccccc1)N(Cc1ccccc1Cl)C(=O)CN(c1cccc(Cl)c1Cl)S(=O)(=O)c1ccccc1. The van der Waals surface area contributed by atoms with Crippen LogP contribution in [0.3, 0.4) is 0 Å². The molecule has 1 N–H and O–H groups in total. The number of nitrogens with one attached hydrogen (secondary N) is 1. The molecule has 0 aromatic heterocycles. The molecule has 0 saturated heterocycles. The van der Waals surface area contributed by atoms with Crippen molar-refractivity contribution < 1.29 is 18.0 Å². The molecule has 0 spiro atoms. The van der Waals surface area contributed by atoms with Crippen LogP contribution in [0.1, 0.15) is 25.0 Å². The Morgan fingerprint density at radius 1 is 0.778 bits per heavy atom. The highest BCUT2D eigenvalue weighted by molar-refractivity contribution is 7.92. The summed E-state index contributed by atoms with van der Waals surface area (Å²) in [4.78, 5) is 29.7. The number of rotatable bonds is 13. The Hall–Kier alpha value is -3.56. The predicted octanol–water partition coefficient (Wildman–Crippen LogP) is 7.25. The number of hydrogen-bond acceptors (Lipinski definition) is 4. The molecule has 236 valence electrons. The molecule has 4 aromatic carbocycles. The van der Waals surface area contributed by atoms with E-state index in [2.05, 4.69) is 5.32 Å². The molecule has 4 rings (SSSR count). The van der Waals surface area contributed by atoms with Gasteiger partial charge in [-0.3, -0.25) is 13.9 Å². The van der Waals surface area contributed by atoms with E-state index < -0.39 is 28.5 Å². The van der Waals surface area contributed by atoms with Gasteiger partial charge in [0.2, 0.25) is 11.8 Å². The van der Waals surface area contributed by atoms with E-state index in [9.17, 15) is 18.0 Å². The molecular formula is C34H34Cl3N3O4S. The molecule has 0 heterocycles. The van der Waals surface area contributed by atoms with E-state index in [1.807, 2.05) is 44.2 Å². The van der Waals surface area contributed by atoms with Gasteiger partial charge in [0, 0.05) is 24.5 Å². The van der Waals surface area contributed by atoms with Crippen LogP contribution in [-0.2, 0) is 32.6 Å². The summed E-state index contributed by atoms with van der Waals surface area (Å²) in [5, 5.41) is 3.46. The van der Waals surface area contributed by atoms with E-state index in [1.54, 1.807) is 48.5 Å². The maximum Gasteiger partial charge on any atom is 0.264 e. The molecule has 45 heavy (non-hydrogen) atoms. The van der Waals surface area contributed by atoms with Gasteiger partial charge in [-0.25, -0.2) is 8.42 Å². The van der Waals surface area contributed by atoms with Crippen LogP contribution in [-0.4, -0.2) is 44.3 Å². The molecule has 0 bridgehead atoms. The van der Waals surface area contributed by atoms with Crippen LogP contribution in [0.25, 0.3) is 0 Å². The first kappa shape index (κ1) is 34.3. The van der Waals surface area contributed by atoms with E-state index in [0.29, 0.717) is 17.1 Å². The van der Waals surface area contributed by atoms with Gasteiger partial charge in [0.25, 0.3) is 10.0 Å². The third-order valence-corrected chi connectivity index (χ3v) is 10.0. The molecule has 7 nitrogen and oxygen atoms in total. The minimum absolute atomic E-state index is 0.0281. The van der Waals surface area contributed by atoms with E-state index >= 15 is 0 Å². The van der Waals surface area contributed by atoms with Gasteiger partial charge in [0.15, 0.2) is 0 Å². The first-order valence-corrected chi connectivity index (χ1v) is 16.9. The van der Waals surface area contributed by atoms with Gasteiger partial charge in [-0.15, -0.1) is 0 Å². The van der Waals surface area contributed by atoms with Crippen LogP contribution in [0.4, 0.5) is 5.69 Å². The molecule has 0 aliphatic rings. The summed E-state index contributed by atoms with van der Waals surface area (Å²) < 4.78 is 29.1. The second kappa shape index (κ2) is 15.6. The number of carbonyl (C=O) groups is 2. The van der Waals surface area contributed by atoms with Gasteiger partial charge in [-0.05, 0) is 47.4 Å². The zero-order valence-electron chi connectivity index (χ0n) is 24.9. The monoisotopic (exact) mass is 685 g/mol. The van der Waals surface area contributed by atoms with E-state index in [-0.39, 0.29) is 45.4 Å². The maximum absolute atomic E-state index is 14.5. The van der Waals surface area contributed by atoms with Crippen molar-refractivity contribution in [1.82, 2.24) is 10.2 Å². The average molecular weight is 687 g/mol. The van der Waals surface area contributed by atoms with Crippen molar-refractivity contribution in [1.29, 1.82) is 0 Å². The number of amides is 2. The summed E-state index contributed by atoms with van der Waals surface area (Å²) in [5.41, 5.74) is 1.45. The van der Waals surface area contributed by atoms with Crippen molar-refractivity contribution in [3.8, 4) is 0 Å². The van der Waals surface area contributed by atoms with Crippen molar-refractivity contribution in [2.24, 2.45) is 5.92 Å². The Morgan fingerprint density at radius 2 is 1.38 bits per heavy atom. The molecule has 1 unspecified atom stereocenters. The van der Waals surface area contributed by atoms with Crippen LogP contribution in [0.5, 0.6) is 0 Å². The van der Waals surface area contributed by atoms with Crippen molar-refractivity contribution in [2.45, 2.75) is 37.8 Å². The molecule has 2 amide bonds. The molecule has 1 atom stereocenters. The Bertz CT molecular complexity index is 1720. The lowest BCUT2D eigenvalue weighted by atomic mass is 10.0. The number of nitrogens with zero attached hydrogens (tertiary/aromatic N) is 2. The van der Waals surface area contributed by atoms with Crippen LogP contribution in [0.15, 0.2) is 108 Å². The molecular weight excluding hydrogens is 653 g/mol. The van der Waals surface area contributed by atoms with Crippen LogP contribution < -0.4 is 9.62 Å². The van der Waals surface area contributed by atoms with E-state index in [1.165, 1.54) is 29.2 Å². The first-order valence-electron chi connectivity index (χ1n) is 14.3. The third kappa shape index (κ3) is 8.79. The second-order valence-electron chi connectivity index (χ2n) is 10.9. The highest BCUT2D eigenvalue weighted by Gasteiger charge is 2.35. The molecule has 11 heteroatoms. The number of sulfonamides is 1. The van der Waals surface area contributed by atoms with Gasteiger partial charge < -0.3 is 10.2 Å². The van der Waals surface area contributed by atoms with Gasteiger partial charge in [-0.1, -0.05) is 121 Å². The second-order valence-corrected chi connectivity index (χ2v) is 13.9. The first-order chi connectivity index (χ1) is 21.5. The van der Waals surface area contributed by atoms with E-state index in [0.717, 1.165) is 9.87 Å². The summed E-state index contributed by atoms with van der Waals surface area (Å²) in [6.07, 6.45) is 0.185. The highest BCUT2D eigenvalue weighted by atomic mass is 35.5. The zero-order valence-corrected chi connectivity index (χ0v) is 28.0. The standard InChI is InChI=1S/C34H34Cl3N3O4S/c1-24(2)21-38-34(42)31(20-25-12-5-3-6-13-25)39(22-26-14-9-10-17-28(26)35)32(41)23-40(30-19-11-18-29(36)33(30)37)45(43,44)27-15-7-4-8-16-27/h3-19,24,31H,20-23H2,1-2H3,(H,38,42). The number of benzene rings is 4. The minimum atomic E-state index is -4.31. The van der Waals surface area contributed by atoms with Crippen molar-refractivity contribution in [3.05, 3.63) is 129 Å². The average Bonchev–Trinajstić information content (AvgIpc) is 3.03. The van der Waals surface area contributed by atoms with Crippen LogP contribution in [0, 0.1) is 5.92 Å². The number of carbonyl (C=O) groups excluding carboxylic acids is 2. The lowest BCUT2D eigenvalue weighted by Gasteiger charge is -2.34. The fourth-order valence-electron chi connectivity index (χ4n) is 4.70. The van der Waals surface area contributed by atoms with Crippen molar-refractivity contribution >= 4 is 62.3 Å². The maximum atomic E-state index is 14.5. The zero-order chi connectivity index (χ0) is 32.6. The van der Waals surface area contributed by atoms with Gasteiger partial charge in [-0.2, -0.15) is 0 Å². The van der Waals surface area contributed by atoms with Crippen LogP contribution >= 0.6 is 34.8 Å². The largest absolute Gasteiger partial charge is 0.354 e. The van der Waals surface area contributed by atoms with Gasteiger partial charge in [0.05, 0.1) is 20.6 Å². The van der Waals surface area contributed by atoms with Gasteiger partial charge in [0.1, 0.15) is 12.6 Å². The molecule has 0 radical (unpaired) electrons. The number of halogens is 3. The number of hydrogen-bond donors (Lipinski definition) is 1. The summed E-state index contributed by atoms with van der Waals surface area (Å²) in [5.74, 6) is -0.840. The quantitative estimate of drug-likeness (QED) is 0.161. The molecule has 0 fully saturated rings. The number of anilines is 1. The van der Waals surface area contributed by atoms with Crippen molar-refractivity contribution in [3.63, 3.8) is 0 Å². The van der Waals surface area contributed by atoms with Crippen LogP contribution in [0.2, 0.25) is 15.1 Å². The summed E-state index contributed by atoms with van der Waals surface area (Å²) >= 11 is 19.4. The fraction of sp³-hybridized carbons (Fsp3) is 0.235. The lowest BCUT2D eigenvalue weighted by Crippen LogP contribution is -2.53. The Kier molecular flexibility index (Phi) is 11.9. The summed E-state index contributed by atoms with van der Waals surface area (Å²) in [6, 6.07) is 27.6. The molecule has 0 aliphatic heterocycles. The topological polar surface area (TPSA) is 86.8 Å². The van der Waals surface area contributed by atoms with E-state index in [4.69, 9.17) is 34.8 Å². The smallest absolute Gasteiger partial charge is 0.264 e. The molecule has 0 saturated carbocycles. The Balaban J connectivity index is 1.83. The molecule has 4 aromatic rings. The highest BCUT2D eigenvalue weighted by Crippen LogP contribution is 2.35. The normalized spacial score (nSPS) is 12.0. The fourth-order valence-corrected chi connectivity index (χ4v) is 6.79. The Morgan fingerprint density at radius 3 is 2.02 bits per heavy atom. The Labute approximate surface area is 279 Å². The van der Waals surface area contributed by atoms with Crippen molar-refractivity contribution in [2.75, 3.05) is 17.4 Å². The summed E-state index contributed by atoms with van der Waals surface area (Å²) in [7, 11) is -4.31.